The van der Waals surface area contributed by atoms with Gasteiger partial charge in [-0.3, -0.25) is 0 Å². The molecule has 1 aromatic carbocycles. The van der Waals surface area contributed by atoms with Crippen molar-refractivity contribution in [2.45, 2.75) is 26.3 Å². The van der Waals surface area contributed by atoms with Crippen LogP contribution in [-0.4, -0.2) is 0 Å². The number of halogens is 1. The Kier molecular flexibility index (Phi) is 4.19. The number of hydrogen-bond acceptors (Lipinski definition) is 1. The van der Waals surface area contributed by atoms with Gasteiger partial charge in [-0.05, 0) is 52.6 Å². The van der Waals surface area contributed by atoms with Crippen LogP contribution in [0, 0.1) is 9.49 Å². The van der Waals surface area contributed by atoms with Crippen molar-refractivity contribution in [1.82, 2.24) is 0 Å². The molecule has 72 valence electrons. The highest BCUT2D eigenvalue weighted by Crippen LogP contribution is 2.19. The molecule has 1 rings (SSSR count). The van der Waals surface area contributed by atoms with E-state index in [1.165, 1.54) is 9.13 Å². The second kappa shape index (κ2) is 4.96. The van der Waals surface area contributed by atoms with Crippen LogP contribution >= 0.6 is 22.6 Å². The first-order valence-electron chi connectivity index (χ1n) is 4.60. The summed E-state index contributed by atoms with van der Waals surface area (Å²) < 4.78 is 1.26. The predicted molar refractivity (Wildman–Crippen MR) is 65.5 cm³/mol. The molecule has 0 aromatic heterocycles. The lowest BCUT2D eigenvalue weighted by molar-refractivity contribution is 0.510. The molecule has 0 saturated carbocycles. The summed E-state index contributed by atoms with van der Waals surface area (Å²) in [5.74, 6) is 0.661. The lowest BCUT2D eigenvalue weighted by Gasteiger charge is -2.14. The van der Waals surface area contributed by atoms with E-state index in [0.29, 0.717) is 5.92 Å². The first-order chi connectivity index (χ1) is 6.09. The van der Waals surface area contributed by atoms with E-state index < -0.39 is 0 Å². The Hall–Kier alpha value is -0.0900. The highest BCUT2D eigenvalue weighted by molar-refractivity contribution is 14.1. The fourth-order valence-corrected chi connectivity index (χ4v) is 1.71. The normalized spacial score (nSPS) is 13.3. The molecule has 1 nitrogen and oxygen atoms in total. The van der Waals surface area contributed by atoms with Gasteiger partial charge in [0, 0.05) is 9.61 Å². The van der Waals surface area contributed by atoms with Gasteiger partial charge in [0.15, 0.2) is 0 Å². The van der Waals surface area contributed by atoms with Crippen LogP contribution in [0.25, 0.3) is 0 Å². The fraction of sp³-hybridized carbons (Fsp3) is 0.455. The molecule has 0 bridgehead atoms. The number of rotatable bonds is 3. The summed E-state index contributed by atoms with van der Waals surface area (Å²) in [7, 11) is 0. The summed E-state index contributed by atoms with van der Waals surface area (Å²) in [5, 5.41) is 0. The maximum absolute atomic E-state index is 6.04. The van der Waals surface area contributed by atoms with Crippen LogP contribution in [-0.2, 0) is 0 Å². The van der Waals surface area contributed by atoms with Crippen molar-refractivity contribution in [2.75, 3.05) is 0 Å². The molecule has 0 saturated heterocycles. The molecule has 13 heavy (non-hydrogen) atoms. The molecule has 0 aliphatic heterocycles. The Balaban J connectivity index is 2.66. The molecule has 0 unspecified atom stereocenters. The predicted octanol–water partition coefficient (Wildman–Crippen LogP) is 3.34. The average molecular weight is 289 g/mol. The summed E-state index contributed by atoms with van der Waals surface area (Å²) in [6.07, 6.45) is 1.06. The lowest BCUT2D eigenvalue weighted by atomic mass is 9.98. The molecule has 0 heterocycles. The molecule has 0 aliphatic rings. The summed E-state index contributed by atoms with van der Waals surface area (Å²) in [5.41, 5.74) is 7.29. The molecular formula is C11H16IN. The van der Waals surface area contributed by atoms with Crippen molar-refractivity contribution < 1.29 is 0 Å². The summed E-state index contributed by atoms with van der Waals surface area (Å²) in [6, 6.07) is 8.65. The largest absolute Gasteiger partial charge is 0.324 e. The molecule has 0 aliphatic carbocycles. The molecule has 2 heteroatoms. The van der Waals surface area contributed by atoms with Gasteiger partial charge in [0.05, 0.1) is 0 Å². The third-order valence-corrected chi connectivity index (χ3v) is 2.74. The van der Waals surface area contributed by atoms with Crippen LogP contribution in [0.3, 0.4) is 0 Å². The minimum absolute atomic E-state index is 0.192. The number of benzene rings is 1. The van der Waals surface area contributed by atoms with Crippen molar-refractivity contribution in [3.8, 4) is 0 Å². The van der Waals surface area contributed by atoms with Gasteiger partial charge in [-0.2, -0.15) is 0 Å². The van der Waals surface area contributed by atoms with Gasteiger partial charge in [0.25, 0.3) is 0 Å². The van der Waals surface area contributed by atoms with Crippen molar-refractivity contribution in [3.63, 3.8) is 0 Å². The van der Waals surface area contributed by atoms with Crippen LogP contribution in [0.15, 0.2) is 24.3 Å². The zero-order valence-electron chi connectivity index (χ0n) is 8.13. The molecule has 0 radical (unpaired) electrons. The van der Waals surface area contributed by atoms with Gasteiger partial charge in [-0.15, -0.1) is 0 Å². The highest BCUT2D eigenvalue weighted by Gasteiger charge is 2.07. The van der Waals surface area contributed by atoms with E-state index >= 15 is 0 Å². The minimum Gasteiger partial charge on any atom is -0.324 e. The van der Waals surface area contributed by atoms with Gasteiger partial charge in [-0.25, -0.2) is 0 Å². The molecule has 0 amide bonds. The fourth-order valence-electron chi connectivity index (χ4n) is 1.35. The van der Waals surface area contributed by atoms with E-state index in [-0.39, 0.29) is 6.04 Å². The van der Waals surface area contributed by atoms with Crippen molar-refractivity contribution in [1.29, 1.82) is 0 Å². The highest BCUT2D eigenvalue weighted by atomic mass is 127. The SMILES string of the molecule is CC(C)C[C@@H](N)c1ccc(I)cc1. The molecule has 1 aromatic rings. The first kappa shape index (κ1) is 11.0. The standard InChI is InChI=1S/C11H16IN/c1-8(2)7-11(13)9-3-5-10(12)6-4-9/h3-6,8,11H,7,13H2,1-2H3/t11-/m1/s1. The van der Waals surface area contributed by atoms with E-state index in [4.69, 9.17) is 5.73 Å². The maximum Gasteiger partial charge on any atom is 0.0297 e. The molecule has 0 spiro atoms. The van der Waals surface area contributed by atoms with Crippen LogP contribution in [0.4, 0.5) is 0 Å². The van der Waals surface area contributed by atoms with Gasteiger partial charge >= 0.3 is 0 Å². The maximum atomic E-state index is 6.04. The van der Waals surface area contributed by atoms with Crippen LogP contribution in [0.2, 0.25) is 0 Å². The Bertz CT molecular complexity index is 253. The molecule has 0 fully saturated rings. The van der Waals surface area contributed by atoms with E-state index in [2.05, 4.69) is 60.7 Å². The first-order valence-corrected chi connectivity index (χ1v) is 5.68. The quantitative estimate of drug-likeness (QED) is 0.849. The van der Waals surface area contributed by atoms with Gasteiger partial charge in [0.2, 0.25) is 0 Å². The Labute approximate surface area is 93.9 Å². The molecular weight excluding hydrogens is 273 g/mol. The van der Waals surface area contributed by atoms with Crippen molar-refractivity contribution >= 4 is 22.6 Å². The smallest absolute Gasteiger partial charge is 0.0297 e. The monoisotopic (exact) mass is 289 g/mol. The Morgan fingerprint density at radius 1 is 1.23 bits per heavy atom. The Morgan fingerprint density at radius 3 is 2.23 bits per heavy atom. The minimum atomic E-state index is 0.192. The molecule has 1 atom stereocenters. The zero-order chi connectivity index (χ0) is 9.84. The lowest BCUT2D eigenvalue weighted by Crippen LogP contribution is -2.12. The summed E-state index contributed by atoms with van der Waals surface area (Å²) >= 11 is 2.30. The zero-order valence-corrected chi connectivity index (χ0v) is 10.3. The summed E-state index contributed by atoms with van der Waals surface area (Å²) in [4.78, 5) is 0. The average Bonchev–Trinajstić information content (AvgIpc) is 2.04. The second-order valence-corrected chi connectivity index (χ2v) is 5.03. The number of hydrogen-bond donors (Lipinski definition) is 1. The van der Waals surface area contributed by atoms with E-state index in [1.54, 1.807) is 0 Å². The number of nitrogens with two attached hydrogens (primary N) is 1. The Morgan fingerprint density at radius 2 is 1.77 bits per heavy atom. The van der Waals surface area contributed by atoms with Crippen molar-refractivity contribution in [2.24, 2.45) is 11.7 Å². The van der Waals surface area contributed by atoms with Gasteiger partial charge in [-0.1, -0.05) is 26.0 Å². The van der Waals surface area contributed by atoms with Crippen LogP contribution < -0.4 is 5.73 Å². The van der Waals surface area contributed by atoms with Crippen LogP contribution in [0.5, 0.6) is 0 Å². The van der Waals surface area contributed by atoms with E-state index in [9.17, 15) is 0 Å². The topological polar surface area (TPSA) is 26.0 Å². The second-order valence-electron chi connectivity index (χ2n) is 3.79. The van der Waals surface area contributed by atoms with Crippen molar-refractivity contribution in [3.05, 3.63) is 33.4 Å². The van der Waals surface area contributed by atoms with Gasteiger partial charge in [0.1, 0.15) is 0 Å². The third-order valence-electron chi connectivity index (χ3n) is 2.02. The van der Waals surface area contributed by atoms with Gasteiger partial charge < -0.3 is 5.73 Å². The van der Waals surface area contributed by atoms with E-state index in [1.807, 2.05) is 0 Å². The van der Waals surface area contributed by atoms with E-state index in [0.717, 1.165) is 6.42 Å². The third kappa shape index (κ3) is 3.65. The summed E-state index contributed by atoms with van der Waals surface area (Å²) in [6.45, 7) is 4.40. The molecule has 2 N–H and O–H groups in total. The van der Waals surface area contributed by atoms with Crippen LogP contribution in [0.1, 0.15) is 31.9 Å².